The summed E-state index contributed by atoms with van der Waals surface area (Å²) in [6.07, 6.45) is 3.66. The van der Waals surface area contributed by atoms with Crippen molar-refractivity contribution in [2.75, 3.05) is 0 Å². The lowest BCUT2D eigenvalue weighted by Crippen LogP contribution is -2.36. The van der Waals surface area contributed by atoms with E-state index in [-0.39, 0.29) is 17.6 Å². The van der Waals surface area contributed by atoms with Crippen molar-refractivity contribution in [2.45, 2.75) is 44.9 Å². The lowest BCUT2D eigenvalue weighted by atomic mass is 9.78. The zero-order chi connectivity index (χ0) is 14.1. The van der Waals surface area contributed by atoms with Gasteiger partial charge in [0.2, 0.25) is 5.91 Å². The molecule has 1 heterocycles. The summed E-state index contributed by atoms with van der Waals surface area (Å²) < 4.78 is 0. The van der Waals surface area contributed by atoms with E-state index in [2.05, 4.69) is 36.5 Å². The van der Waals surface area contributed by atoms with E-state index in [1.165, 1.54) is 5.56 Å². The first kappa shape index (κ1) is 13.1. The van der Waals surface area contributed by atoms with Crippen LogP contribution < -0.4 is 5.32 Å². The Morgan fingerprint density at radius 1 is 1.15 bits per heavy atom. The summed E-state index contributed by atoms with van der Waals surface area (Å²) >= 11 is 0. The highest BCUT2D eigenvalue weighted by Gasteiger charge is 2.34. The van der Waals surface area contributed by atoms with Crippen LogP contribution in [0.2, 0.25) is 0 Å². The van der Waals surface area contributed by atoms with Gasteiger partial charge in [-0.15, -0.1) is 0 Å². The highest BCUT2D eigenvalue weighted by molar-refractivity contribution is 6.01. The number of aryl methyl sites for hydroxylation is 1. The molecule has 0 spiro atoms. The van der Waals surface area contributed by atoms with Gasteiger partial charge in [-0.25, -0.2) is 0 Å². The number of carbonyl (C=O) groups is 2. The van der Waals surface area contributed by atoms with Crippen molar-refractivity contribution in [1.29, 1.82) is 0 Å². The van der Waals surface area contributed by atoms with Crippen LogP contribution in [0.3, 0.4) is 0 Å². The maximum Gasteiger partial charge on any atom is 0.225 e. The maximum atomic E-state index is 12.2. The van der Waals surface area contributed by atoms with E-state index in [4.69, 9.17) is 0 Å². The van der Waals surface area contributed by atoms with Gasteiger partial charge in [-0.05, 0) is 30.4 Å². The Kier molecular flexibility index (Phi) is 3.43. The molecule has 0 bridgehead atoms. The molecule has 3 rings (SSSR count). The van der Waals surface area contributed by atoms with E-state index in [0.29, 0.717) is 12.8 Å². The first-order chi connectivity index (χ1) is 9.69. The van der Waals surface area contributed by atoms with Gasteiger partial charge in [0.15, 0.2) is 5.78 Å². The maximum absolute atomic E-state index is 12.2. The van der Waals surface area contributed by atoms with E-state index in [1.807, 2.05) is 0 Å². The molecule has 1 aromatic carbocycles. The molecule has 1 aromatic rings. The lowest BCUT2D eigenvalue weighted by Gasteiger charge is -2.31. The van der Waals surface area contributed by atoms with Crippen molar-refractivity contribution in [3.63, 3.8) is 0 Å². The van der Waals surface area contributed by atoms with E-state index in [0.717, 1.165) is 36.1 Å². The fourth-order valence-corrected chi connectivity index (χ4v) is 3.17. The largest absolute Gasteiger partial charge is 0.329 e. The summed E-state index contributed by atoms with van der Waals surface area (Å²) in [7, 11) is 0. The van der Waals surface area contributed by atoms with Crippen molar-refractivity contribution in [2.24, 2.45) is 0 Å². The minimum Gasteiger partial charge on any atom is -0.329 e. The Balaban J connectivity index is 2.01. The smallest absolute Gasteiger partial charge is 0.225 e. The third kappa shape index (κ3) is 2.28. The fraction of sp³-hybridized carbons (Fsp3) is 0.412. The lowest BCUT2D eigenvalue weighted by molar-refractivity contribution is -0.122. The van der Waals surface area contributed by atoms with Gasteiger partial charge in [0.25, 0.3) is 0 Å². The number of carbonyl (C=O) groups excluding carboxylic acids is 2. The third-order valence-corrected chi connectivity index (χ3v) is 4.27. The number of amides is 1. The van der Waals surface area contributed by atoms with E-state index < -0.39 is 0 Å². The molecule has 1 N–H and O–H groups in total. The monoisotopic (exact) mass is 269 g/mol. The predicted molar refractivity (Wildman–Crippen MR) is 77.2 cm³/mol. The second kappa shape index (κ2) is 5.23. The standard InChI is InChI=1S/C17H19NO2/c1-2-11-6-8-12(9-7-11)13-10-16(20)18-14-4-3-5-15(19)17(13)14/h6-9,13H,2-5,10H2,1H3,(H,18,20)/t13-/m1/s1. The summed E-state index contributed by atoms with van der Waals surface area (Å²) in [5.74, 6) is 0.177. The summed E-state index contributed by atoms with van der Waals surface area (Å²) in [6.45, 7) is 2.12. The second-order valence-corrected chi connectivity index (χ2v) is 5.57. The topological polar surface area (TPSA) is 46.2 Å². The van der Waals surface area contributed by atoms with Crippen LogP contribution in [0, 0.1) is 0 Å². The molecule has 0 saturated carbocycles. The van der Waals surface area contributed by atoms with Gasteiger partial charge in [-0.1, -0.05) is 31.2 Å². The Bertz CT molecular complexity index is 584. The molecule has 1 amide bonds. The number of benzene rings is 1. The normalized spacial score (nSPS) is 22.6. The van der Waals surface area contributed by atoms with Crippen LogP contribution in [0.1, 0.15) is 49.7 Å². The molecular formula is C17H19NO2. The van der Waals surface area contributed by atoms with Crippen molar-refractivity contribution in [3.8, 4) is 0 Å². The Labute approximate surface area is 119 Å². The van der Waals surface area contributed by atoms with Crippen molar-refractivity contribution in [3.05, 3.63) is 46.7 Å². The summed E-state index contributed by atoms with van der Waals surface area (Å²) in [4.78, 5) is 24.1. The van der Waals surface area contributed by atoms with Crippen LogP contribution >= 0.6 is 0 Å². The first-order valence-electron chi connectivity index (χ1n) is 7.34. The summed E-state index contributed by atoms with van der Waals surface area (Å²) in [5, 5.41) is 2.89. The molecule has 0 radical (unpaired) electrons. The van der Waals surface area contributed by atoms with Crippen molar-refractivity contribution >= 4 is 11.7 Å². The number of nitrogens with one attached hydrogen (secondary N) is 1. The molecule has 3 heteroatoms. The molecule has 1 aliphatic carbocycles. The molecular weight excluding hydrogens is 250 g/mol. The van der Waals surface area contributed by atoms with Gasteiger partial charge >= 0.3 is 0 Å². The number of ketones is 1. The van der Waals surface area contributed by atoms with Gasteiger partial charge in [-0.2, -0.15) is 0 Å². The van der Waals surface area contributed by atoms with Crippen LogP contribution in [0.15, 0.2) is 35.5 Å². The highest BCUT2D eigenvalue weighted by Crippen LogP contribution is 2.37. The summed E-state index contributed by atoms with van der Waals surface area (Å²) in [5.41, 5.74) is 4.07. The van der Waals surface area contributed by atoms with Gasteiger partial charge in [0, 0.05) is 30.0 Å². The van der Waals surface area contributed by atoms with Crippen LogP contribution in [0.25, 0.3) is 0 Å². The van der Waals surface area contributed by atoms with Crippen LogP contribution in [0.5, 0.6) is 0 Å². The number of Topliss-reactive ketones (excluding diaryl/α,β-unsaturated/α-hetero) is 1. The molecule has 1 atom stereocenters. The Hall–Kier alpha value is -1.90. The zero-order valence-electron chi connectivity index (χ0n) is 11.7. The Morgan fingerprint density at radius 3 is 2.60 bits per heavy atom. The predicted octanol–water partition coefficient (Wildman–Crippen LogP) is 2.86. The SMILES string of the molecule is CCc1ccc([C@H]2CC(=O)NC3=C2C(=O)CCC3)cc1. The number of allylic oxidation sites excluding steroid dienone is 2. The molecule has 0 saturated heterocycles. The first-order valence-corrected chi connectivity index (χ1v) is 7.34. The average molecular weight is 269 g/mol. The van der Waals surface area contributed by atoms with Crippen LogP contribution in [0.4, 0.5) is 0 Å². The quantitative estimate of drug-likeness (QED) is 0.897. The van der Waals surface area contributed by atoms with E-state index in [1.54, 1.807) is 0 Å². The number of hydrogen-bond donors (Lipinski definition) is 1. The molecule has 1 aliphatic heterocycles. The Morgan fingerprint density at radius 2 is 1.90 bits per heavy atom. The van der Waals surface area contributed by atoms with Crippen molar-refractivity contribution < 1.29 is 9.59 Å². The third-order valence-electron chi connectivity index (χ3n) is 4.27. The molecule has 0 unspecified atom stereocenters. The average Bonchev–Trinajstić information content (AvgIpc) is 2.46. The fourth-order valence-electron chi connectivity index (χ4n) is 3.17. The van der Waals surface area contributed by atoms with Crippen LogP contribution in [-0.2, 0) is 16.0 Å². The molecule has 0 fully saturated rings. The van der Waals surface area contributed by atoms with Crippen LogP contribution in [-0.4, -0.2) is 11.7 Å². The molecule has 0 aromatic heterocycles. The zero-order valence-corrected chi connectivity index (χ0v) is 11.7. The highest BCUT2D eigenvalue weighted by atomic mass is 16.2. The molecule has 104 valence electrons. The van der Waals surface area contributed by atoms with Gasteiger partial charge < -0.3 is 5.32 Å². The van der Waals surface area contributed by atoms with E-state index >= 15 is 0 Å². The van der Waals surface area contributed by atoms with Gasteiger partial charge in [0.1, 0.15) is 0 Å². The summed E-state index contributed by atoms with van der Waals surface area (Å²) in [6, 6.07) is 8.31. The van der Waals surface area contributed by atoms with Crippen molar-refractivity contribution in [1.82, 2.24) is 5.32 Å². The second-order valence-electron chi connectivity index (χ2n) is 5.57. The minimum absolute atomic E-state index is 0.0306. The van der Waals surface area contributed by atoms with Gasteiger partial charge in [-0.3, -0.25) is 9.59 Å². The number of hydrogen-bond acceptors (Lipinski definition) is 2. The molecule has 2 aliphatic rings. The molecule has 3 nitrogen and oxygen atoms in total. The minimum atomic E-state index is -0.0579. The number of rotatable bonds is 2. The van der Waals surface area contributed by atoms with Gasteiger partial charge in [0.05, 0.1) is 0 Å². The molecule has 20 heavy (non-hydrogen) atoms. The van der Waals surface area contributed by atoms with E-state index in [9.17, 15) is 9.59 Å².